The second kappa shape index (κ2) is 7.09. The average Bonchev–Trinajstić information content (AvgIpc) is 2.44. The molecule has 3 N–H and O–H groups in total. The fourth-order valence-electron chi connectivity index (χ4n) is 2.20. The Morgan fingerprint density at radius 2 is 1.45 bits per heavy atom. The van der Waals surface area contributed by atoms with Gasteiger partial charge in [-0.15, -0.1) is 0 Å². The lowest BCUT2D eigenvalue weighted by Crippen LogP contribution is -2.03. The van der Waals surface area contributed by atoms with Gasteiger partial charge in [0.2, 0.25) is 0 Å². The molecule has 5 heteroatoms. The molecule has 0 bridgehead atoms. The molecular weight excluding hydrogens is 289 g/mol. The zero-order valence-electron chi connectivity index (χ0n) is 11.1. The largest absolute Gasteiger partial charge is 0.326 e. The standard InChI is InChI=1S/C15H18NO2PS/c16-19(17,18)20-12-11-15(13-7-3-1-4-8-13)14-9-5-2-6-10-14/h1-10,15H,11-12H2,(H3,16,17,18). The Balaban J connectivity index is 2.15. The van der Waals surface area contributed by atoms with E-state index in [-0.39, 0.29) is 5.92 Å². The van der Waals surface area contributed by atoms with Crippen molar-refractivity contribution in [3.8, 4) is 0 Å². The van der Waals surface area contributed by atoms with Gasteiger partial charge in [-0.05, 0) is 17.5 Å². The first-order valence-corrected chi connectivity index (χ1v) is 9.74. The smallest absolute Gasteiger partial charge is 0.321 e. The van der Waals surface area contributed by atoms with Crippen molar-refractivity contribution in [2.24, 2.45) is 5.50 Å². The minimum absolute atomic E-state index is 0.219. The normalized spacial score (nSPS) is 14.2. The van der Waals surface area contributed by atoms with E-state index in [1.807, 2.05) is 36.4 Å². The molecule has 0 fully saturated rings. The lowest BCUT2D eigenvalue weighted by molar-refractivity contribution is 0.498. The van der Waals surface area contributed by atoms with Crippen LogP contribution in [0.25, 0.3) is 0 Å². The average molecular weight is 307 g/mol. The maximum absolute atomic E-state index is 11.2. The van der Waals surface area contributed by atoms with Crippen molar-refractivity contribution in [2.75, 3.05) is 5.75 Å². The Morgan fingerprint density at radius 3 is 1.85 bits per heavy atom. The van der Waals surface area contributed by atoms with E-state index in [4.69, 9.17) is 10.4 Å². The second-order valence-corrected chi connectivity index (χ2v) is 8.70. The van der Waals surface area contributed by atoms with Gasteiger partial charge >= 0.3 is 6.72 Å². The number of rotatable bonds is 6. The van der Waals surface area contributed by atoms with Gasteiger partial charge in [0.25, 0.3) is 0 Å². The lowest BCUT2D eigenvalue weighted by atomic mass is 9.89. The Bertz CT molecular complexity index is 531. The fraction of sp³-hybridized carbons (Fsp3) is 0.200. The van der Waals surface area contributed by atoms with Crippen LogP contribution in [0.1, 0.15) is 23.5 Å². The highest BCUT2D eigenvalue weighted by Gasteiger charge is 2.17. The van der Waals surface area contributed by atoms with Gasteiger partial charge in [0, 0.05) is 11.7 Å². The summed E-state index contributed by atoms with van der Waals surface area (Å²) in [4.78, 5) is 9.17. The lowest BCUT2D eigenvalue weighted by Gasteiger charge is -2.18. The molecule has 0 aromatic heterocycles. The maximum atomic E-state index is 11.2. The molecule has 0 amide bonds. The zero-order valence-corrected chi connectivity index (χ0v) is 12.8. The van der Waals surface area contributed by atoms with Crippen LogP contribution in [0.3, 0.4) is 0 Å². The number of hydrogen-bond donors (Lipinski definition) is 2. The molecular formula is C15H18NO2PS. The van der Waals surface area contributed by atoms with E-state index in [1.54, 1.807) is 0 Å². The first kappa shape index (κ1) is 15.3. The van der Waals surface area contributed by atoms with Gasteiger partial charge in [-0.25, -0.2) is 0 Å². The van der Waals surface area contributed by atoms with Gasteiger partial charge in [0.1, 0.15) is 0 Å². The van der Waals surface area contributed by atoms with E-state index in [1.165, 1.54) is 11.1 Å². The number of hydrogen-bond acceptors (Lipinski definition) is 2. The van der Waals surface area contributed by atoms with Gasteiger partial charge in [-0.2, -0.15) is 0 Å². The van der Waals surface area contributed by atoms with Gasteiger partial charge in [-0.1, -0.05) is 72.0 Å². The number of benzene rings is 2. The second-order valence-electron chi connectivity index (χ2n) is 4.56. The van der Waals surface area contributed by atoms with Crippen molar-refractivity contribution >= 4 is 18.1 Å². The van der Waals surface area contributed by atoms with Crippen molar-refractivity contribution in [3.05, 3.63) is 71.8 Å². The molecule has 0 saturated carbocycles. The SMILES string of the molecule is NP(=O)(O)SCCC(c1ccccc1)c1ccccc1. The van der Waals surface area contributed by atoms with Crippen molar-refractivity contribution in [3.63, 3.8) is 0 Å². The van der Waals surface area contributed by atoms with E-state index >= 15 is 0 Å². The third-order valence-corrected chi connectivity index (χ3v) is 5.53. The predicted octanol–water partition coefficient (Wildman–Crippen LogP) is 4.00. The van der Waals surface area contributed by atoms with Crippen LogP contribution in [0.2, 0.25) is 0 Å². The van der Waals surface area contributed by atoms with E-state index in [2.05, 4.69) is 24.3 Å². The minimum Gasteiger partial charge on any atom is -0.326 e. The first-order valence-electron chi connectivity index (χ1n) is 6.42. The molecule has 0 aliphatic heterocycles. The van der Waals surface area contributed by atoms with Crippen LogP contribution < -0.4 is 5.50 Å². The highest BCUT2D eigenvalue weighted by Crippen LogP contribution is 2.47. The highest BCUT2D eigenvalue weighted by molar-refractivity contribution is 8.55. The molecule has 0 spiro atoms. The summed E-state index contributed by atoms with van der Waals surface area (Å²) < 4.78 is 11.2. The van der Waals surface area contributed by atoms with Crippen LogP contribution in [0, 0.1) is 0 Å². The highest BCUT2D eigenvalue weighted by atomic mass is 32.7. The summed E-state index contributed by atoms with van der Waals surface area (Å²) in [6, 6.07) is 20.4. The molecule has 0 radical (unpaired) electrons. The molecule has 106 valence electrons. The summed E-state index contributed by atoms with van der Waals surface area (Å²) in [7, 11) is 0. The maximum Gasteiger partial charge on any atom is 0.321 e. The zero-order chi connectivity index (χ0) is 14.4. The quantitative estimate of drug-likeness (QED) is 0.792. The summed E-state index contributed by atoms with van der Waals surface area (Å²) in [5, 5.41) is 0. The molecule has 0 heterocycles. The monoisotopic (exact) mass is 307 g/mol. The van der Waals surface area contributed by atoms with E-state index < -0.39 is 6.72 Å². The van der Waals surface area contributed by atoms with Crippen molar-refractivity contribution in [1.82, 2.24) is 0 Å². The van der Waals surface area contributed by atoms with Gasteiger partial charge in [-0.3, -0.25) is 10.1 Å². The van der Waals surface area contributed by atoms with Crippen LogP contribution in [0.4, 0.5) is 0 Å². The summed E-state index contributed by atoms with van der Waals surface area (Å²) >= 11 is 0.940. The first-order chi connectivity index (χ1) is 9.56. The Morgan fingerprint density at radius 1 is 1.00 bits per heavy atom. The van der Waals surface area contributed by atoms with Crippen LogP contribution >= 0.6 is 18.1 Å². The summed E-state index contributed by atoms with van der Waals surface area (Å²) in [5.41, 5.74) is 7.60. The van der Waals surface area contributed by atoms with E-state index in [0.29, 0.717) is 5.75 Å². The van der Waals surface area contributed by atoms with Gasteiger partial charge in [0.15, 0.2) is 0 Å². The van der Waals surface area contributed by atoms with Gasteiger partial charge in [0.05, 0.1) is 0 Å². The molecule has 20 heavy (non-hydrogen) atoms. The van der Waals surface area contributed by atoms with Crippen LogP contribution in [-0.2, 0) is 4.57 Å². The Kier molecular flexibility index (Phi) is 5.44. The summed E-state index contributed by atoms with van der Waals surface area (Å²) in [6.45, 7) is -3.49. The molecule has 1 unspecified atom stereocenters. The van der Waals surface area contributed by atoms with Crippen LogP contribution in [0.5, 0.6) is 0 Å². The van der Waals surface area contributed by atoms with Crippen molar-refractivity contribution in [1.29, 1.82) is 0 Å². The van der Waals surface area contributed by atoms with E-state index in [0.717, 1.165) is 17.8 Å². The van der Waals surface area contributed by atoms with Crippen LogP contribution in [0.15, 0.2) is 60.7 Å². The molecule has 3 nitrogen and oxygen atoms in total. The summed E-state index contributed by atoms with van der Waals surface area (Å²) in [5.74, 6) is 0.773. The predicted molar refractivity (Wildman–Crippen MR) is 85.8 cm³/mol. The van der Waals surface area contributed by atoms with Crippen LogP contribution in [-0.4, -0.2) is 10.6 Å². The third-order valence-electron chi connectivity index (χ3n) is 3.09. The number of nitrogens with two attached hydrogens (primary N) is 1. The van der Waals surface area contributed by atoms with E-state index in [9.17, 15) is 4.57 Å². The molecule has 0 saturated heterocycles. The van der Waals surface area contributed by atoms with Gasteiger partial charge < -0.3 is 4.89 Å². The molecule has 0 aliphatic rings. The summed E-state index contributed by atoms with van der Waals surface area (Å²) in [6.07, 6.45) is 0.778. The topological polar surface area (TPSA) is 63.3 Å². The Labute approximate surface area is 123 Å². The molecule has 0 aliphatic carbocycles. The molecule has 1 atom stereocenters. The molecule has 2 aromatic rings. The molecule has 2 aromatic carbocycles. The minimum atomic E-state index is -3.49. The van der Waals surface area contributed by atoms with Crippen molar-refractivity contribution in [2.45, 2.75) is 12.3 Å². The molecule has 2 rings (SSSR count). The third kappa shape index (κ3) is 4.80. The Hall–Kier alpha value is -1.06. The fourth-order valence-corrected chi connectivity index (χ4v) is 3.90. The van der Waals surface area contributed by atoms with Crippen molar-refractivity contribution < 1.29 is 9.46 Å².